The number of hydrogen-bond donors (Lipinski definition) is 0. The lowest BCUT2D eigenvalue weighted by Gasteiger charge is -2.02. The molecule has 0 bridgehead atoms. The van der Waals surface area contributed by atoms with E-state index >= 15 is 0 Å². The minimum atomic E-state index is 0.577. The van der Waals surface area contributed by atoms with Gasteiger partial charge < -0.3 is 0 Å². The Bertz CT molecular complexity index is 769. The Kier molecular flexibility index (Phi) is 4.24. The molecule has 0 aliphatic rings. The van der Waals surface area contributed by atoms with Crippen LogP contribution in [0.15, 0.2) is 42.7 Å². The summed E-state index contributed by atoms with van der Waals surface area (Å²) in [6, 6.07) is 9.65. The quantitative estimate of drug-likeness (QED) is 0.639. The fourth-order valence-corrected chi connectivity index (χ4v) is 3.31. The van der Waals surface area contributed by atoms with E-state index in [1.165, 1.54) is 4.88 Å². The van der Waals surface area contributed by atoms with E-state index in [0.29, 0.717) is 10.0 Å². The number of aryl methyl sites for hydroxylation is 1. The van der Waals surface area contributed by atoms with Crippen LogP contribution in [0.2, 0.25) is 10.0 Å². The molecule has 0 radical (unpaired) electrons. The lowest BCUT2D eigenvalue weighted by atomic mass is 10.1. The van der Waals surface area contributed by atoms with Crippen LogP contribution in [-0.2, 0) is 6.42 Å². The van der Waals surface area contributed by atoms with E-state index in [9.17, 15) is 0 Å². The molecule has 0 spiro atoms. The Morgan fingerprint density at radius 3 is 2.52 bits per heavy atom. The third-order valence-electron chi connectivity index (χ3n) is 3.18. The van der Waals surface area contributed by atoms with Crippen molar-refractivity contribution < 1.29 is 0 Å². The van der Waals surface area contributed by atoms with E-state index in [1.807, 2.05) is 30.3 Å². The number of pyridine rings is 1. The number of thiazole rings is 1. The number of hydrogen-bond acceptors (Lipinski definition) is 3. The van der Waals surface area contributed by atoms with Gasteiger partial charge in [-0.2, -0.15) is 0 Å². The van der Waals surface area contributed by atoms with Gasteiger partial charge in [0.2, 0.25) is 0 Å². The van der Waals surface area contributed by atoms with Gasteiger partial charge in [0.15, 0.2) is 0 Å². The zero-order chi connectivity index (χ0) is 14.8. The first-order valence-corrected chi connectivity index (χ1v) is 8.01. The molecule has 3 aromatic rings. The first-order valence-electron chi connectivity index (χ1n) is 6.44. The monoisotopic (exact) mass is 334 g/mol. The first-order chi connectivity index (χ1) is 10.1. The number of halogens is 2. The second-order valence-corrected chi connectivity index (χ2v) is 6.70. The van der Waals surface area contributed by atoms with Crippen molar-refractivity contribution in [2.45, 2.75) is 13.3 Å². The van der Waals surface area contributed by atoms with Crippen LogP contribution in [0.4, 0.5) is 0 Å². The average molecular weight is 335 g/mol. The Labute approximate surface area is 137 Å². The molecule has 0 saturated heterocycles. The molecule has 0 unspecified atom stereocenters. The van der Waals surface area contributed by atoms with Gasteiger partial charge in [0.05, 0.1) is 15.7 Å². The van der Waals surface area contributed by atoms with E-state index in [2.05, 4.69) is 11.9 Å². The number of benzene rings is 1. The number of rotatable bonds is 3. The predicted octanol–water partition coefficient (Wildman–Crippen LogP) is 5.41. The molecule has 0 aliphatic heterocycles. The molecular weight excluding hydrogens is 323 g/mol. The molecule has 0 amide bonds. The van der Waals surface area contributed by atoms with E-state index in [1.54, 1.807) is 23.7 Å². The molecule has 0 fully saturated rings. The van der Waals surface area contributed by atoms with Crippen molar-refractivity contribution in [1.29, 1.82) is 0 Å². The summed E-state index contributed by atoms with van der Waals surface area (Å²) in [5.41, 5.74) is 3.28. The Hall–Kier alpha value is -1.42. The molecule has 2 heterocycles. The highest BCUT2D eigenvalue weighted by Crippen LogP contribution is 2.29. The zero-order valence-electron chi connectivity index (χ0n) is 11.3. The van der Waals surface area contributed by atoms with Gasteiger partial charge in [0, 0.05) is 29.3 Å². The average Bonchev–Trinajstić information content (AvgIpc) is 2.85. The summed E-state index contributed by atoms with van der Waals surface area (Å²) in [5.74, 6) is 0. The van der Waals surface area contributed by atoms with Gasteiger partial charge in [0.25, 0.3) is 0 Å². The highest BCUT2D eigenvalue weighted by atomic mass is 35.5. The fraction of sp³-hybridized carbons (Fsp3) is 0.125. The third kappa shape index (κ3) is 3.26. The molecule has 106 valence electrons. The fourth-order valence-electron chi connectivity index (χ4n) is 2.05. The summed E-state index contributed by atoms with van der Waals surface area (Å²) >= 11 is 13.7. The standard InChI is InChI=1S/C16H12Cl2N2S/c1-10-15(9-11-2-3-13(17)14(18)8-11)20-16(21-10)12-4-6-19-7-5-12/h2-8H,9H2,1H3. The SMILES string of the molecule is Cc1sc(-c2ccncc2)nc1Cc1ccc(Cl)c(Cl)c1. The van der Waals surface area contributed by atoms with Crippen LogP contribution in [0.1, 0.15) is 16.1 Å². The highest BCUT2D eigenvalue weighted by Gasteiger charge is 2.10. The molecule has 5 heteroatoms. The topological polar surface area (TPSA) is 25.8 Å². The molecule has 0 atom stereocenters. The van der Waals surface area contributed by atoms with Crippen molar-refractivity contribution in [3.63, 3.8) is 0 Å². The molecule has 2 nitrogen and oxygen atoms in total. The van der Waals surface area contributed by atoms with Crippen LogP contribution >= 0.6 is 34.5 Å². The van der Waals surface area contributed by atoms with Crippen LogP contribution in [0.3, 0.4) is 0 Å². The maximum atomic E-state index is 6.06. The molecule has 3 rings (SSSR count). The van der Waals surface area contributed by atoms with Gasteiger partial charge in [-0.05, 0) is 36.8 Å². The molecule has 0 saturated carbocycles. The van der Waals surface area contributed by atoms with Gasteiger partial charge in [0.1, 0.15) is 5.01 Å². The van der Waals surface area contributed by atoms with Crippen LogP contribution in [-0.4, -0.2) is 9.97 Å². The first kappa shape index (κ1) is 14.5. The summed E-state index contributed by atoms with van der Waals surface area (Å²) in [6.45, 7) is 2.09. The second-order valence-electron chi connectivity index (χ2n) is 4.68. The van der Waals surface area contributed by atoms with E-state index < -0.39 is 0 Å². The second kappa shape index (κ2) is 6.14. The van der Waals surface area contributed by atoms with Crippen LogP contribution in [0.5, 0.6) is 0 Å². The van der Waals surface area contributed by atoms with Crippen molar-refractivity contribution in [3.8, 4) is 10.6 Å². The summed E-state index contributed by atoms with van der Waals surface area (Å²) in [5, 5.41) is 2.18. The number of nitrogens with zero attached hydrogens (tertiary/aromatic N) is 2. The molecule has 2 aromatic heterocycles. The van der Waals surface area contributed by atoms with Crippen molar-refractivity contribution >= 4 is 34.5 Å². The van der Waals surface area contributed by atoms with Gasteiger partial charge in [-0.25, -0.2) is 4.98 Å². The highest BCUT2D eigenvalue weighted by molar-refractivity contribution is 7.15. The Balaban J connectivity index is 1.89. The lowest BCUT2D eigenvalue weighted by Crippen LogP contribution is -1.91. The molecule has 21 heavy (non-hydrogen) atoms. The van der Waals surface area contributed by atoms with E-state index in [4.69, 9.17) is 28.2 Å². The van der Waals surface area contributed by atoms with Gasteiger partial charge >= 0.3 is 0 Å². The van der Waals surface area contributed by atoms with E-state index in [-0.39, 0.29) is 0 Å². The van der Waals surface area contributed by atoms with Crippen LogP contribution < -0.4 is 0 Å². The molecular formula is C16H12Cl2N2S. The number of aromatic nitrogens is 2. The van der Waals surface area contributed by atoms with Crippen LogP contribution in [0, 0.1) is 6.92 Å². The molecule has 1 aromatic carbocycles. The van der Waals surface area contributed by atoms with Gasteiger partial charge in [-0.15, -0.1) is 11.3 Å². The summed E-state index contributed by atoms with van der Waals surface area (Å²) in [7, 11) is 0. The van der Waals surface area contributed by atoms with Crippen molar-refractivity contribution in [2.24, 2.45) is 0 Å². The minimum absolute atomic E-state index is 0.577. The maximum Gasteiger partial charge on any atom is 0.123 e. The van der Waals surface area contributed by atoms with Gasteiger partial charge in [-0.1, -0.05) is 29.3 Å². The normalized spacial score (nSPS) is 10.8. The van der Waals surface area contributed by atoms with Crippen molar-refractivity contribution in [2.75, 3.05) is 0 Å². The smallest absolute Gasteiger partial charge is 0.123 e. The molecule has 0 N–H and O–H groups in total. The van der Waals surface area contributed by atoms with Crippen molar-refractivity contribution in [1.82, 2.24) is 9.97 Å². The maximum absolute atomic E-state index is 6.06. The van der Waals surface area contributed by atoms with Crippen LogP contribution in [0.25, 0.3) is 10.6 Å². The predicted molar refractivity (Wildman–Crippen MR) is 89.4 cm³/mol. The summed E-state index contributed by atoms with van der Waals surface area (Å²) < 4.78 is 0. The Morgan fingerprint density at radius 2 is 1.81 bits per heavy atom. The largest absolute Gasteiger partial charge is 0.265 e. The zero-order valence-corrected chi connectivity index (χ0v) is 13.6. The summed E-state index contributed by atoms with van der Waals surface area (Å²) in [6.07, 6.45) is 4.32. The minimum Gasteiger partial charge on any atom is -0.265 e. The molecule has 0 aliphatic carbocycles. The van der Waals surface area contributed by atoms with E-state index in [0.717, 1.165) is 28.2 Å². The van der Waals surface area contributed by atoms with Gasteiger partial charge in [-0.3, -0.25) is 4.98 Å². The third-order valence-corrected chi connectivity index (χ3v) is 4.98. The summed E-state index contributed by atoms with van der Waals surface area (Å²) in [4.78, 5) is 9.99. The Morgan fingerprint density at radius 1 is 1.05 bits per heavy atom. The lowest BCUT2D eigenvalue weighted by molar-refractivity contribution is 1.09. The van der Waals surface area contributed by atoms with Crippen molar-refractivity contribution in [3.05, 3.63) is 68.9 Å².